The van der Waals surface area contributed by atoms with E-state index in [1.54, 1.807) is 24.3 Å². The summed E-state index contributed by atoms with van der Waals surface area (Å²) in [5, 5.41) is 2.63. The third kappa shape index (κ3) is 5.08. The van der Waals surface area contributed by atoms with Crippen molar-refractivity contribution in [2.75, 3.05) is 6.54 Å². The molecule has 3 atom stereocenters. The van der Waals surface area contributed by atoms with Crippen molar-refractivity contribution in [3.63, 3.8) is 0 Å². The summed E-state index contributed by atoms with van der Waals surface area (Å²) in [4.78, 5) is 24.0. The van der Waals surface area contributed by atoms with Crippen molar-refractivity contribution in [3.8, 4) is 0 Å². The maximum Gasteiger partial charge on any atom is 0.325 e. The van der Waals surface area contributed by atoms with Crippen molar-refractivity contribution in [1.29, 1.82) is 0 Å². The van der Waals surface area contributed by atoms with Gasteiger partial charge >= 0.3 is 5.97 Å². The van der Waals surface area contributed by atoms with Gasteiger partial charge in [-0.2, -0.15) is 0 Å². The number of amides is 1. The minimum absolute atomic E-state index is 0.0279. The van der Waals surface area contributed by atoms with Gasteiger partial charge in [0.25, 0.3) is 5.91 Å². The van der Waals surface area contributed by atoms with Crippen LogP contribution >= 0.6 is 0 Å². The summed E-state index contributed by atoms with van der Waals surface area (Å²) in [5.74, 6) is 0.903. The van der Waals surface area contributed by atoms with E-state index in [1.807, 2.05) is 6.07 Å². The zero-order valence-electron chi connectivity index (χ0n) is 14.2. The number of rotatable bonds is 5. The first kappa shape index (κ1) is 17.5. The number of esters is 1. The predicted octanol–water partition coefficient (Wildman–Crippen LogP) is 3.42. The molecule has 0 bridgehead atoms. The molecule has 1 aromatic rings. The van der Waals surface area contributed by atoms with Crippen LogP contribution in [0, 0.1) is 17.8 Å². The molecule has 1 aliphatic rings. The van der Waals surface area contributed by atoms with E-state index in [1.165, 1.54) is 6.42 Å². The Bertz CT molecular complexity index is 527. The van der Waals surface area contributed by atoms with Crippen LogP contribution in [0.25, 0.3) is 0 Å². The molecule has 23 heavy (non-hydrogen) atoms. The van der Waals surface area contributed by atoms with Crippen molar-refractivity contribution >= 4 is 11.9 Å². The van der Waals surface area contributed by atoms with Crippen LogP contribution in [0.2, 0.25) is 0 Å². The van der Waals surface area contributed by atoms with Crippen LogP contribution in [0.3, 0.4) is 0 Å². The number of carbonyl (C=O) groups excluding carboxylic acids is 2. The second-order valence-electron chi connectivity index (χ2n) is 6.90. The van der Waals surface area contributed by atoms with E-state index in [2.05, 4.69) is 26.1 Å². The Labute approximate surface area is 138 Å². The highest BCUT2D eigenvalue weighted by atomic mass is 16.5. The molecule has 1 saturated carbocycles. The van der Waals surface area contributed by atoms with Gasteiger partial charge in [0.2, 0.25) is 0 Å². The lowest BCUT2D eigenvalue weighted by molar-refractivity contribution is -0.154. The van der Waals surface area contributed by atoms with Crippen molar-refractivity contribution in [2.45, 2.75) is 46.1 Å². The average molecular weight is 317 g/mol. The lowest BCUT2D eigenvalue weighted by atomic mass is 9.75. The molecule has 0 aliphatic heterocycles. The van der Waals surface area contributed by atoms with E-state index in [4.69, 9.17) is 4.74 Å². The molecule has 1 aromatic carbocycles. The molecule has 0 heterocycles. The molecule has 1 N–H and O–H groups in total. The highest BCUT2D eigenvalue weighted by Crippen LogP contribution is 2.35. The van der Waals surface area contributed by atoms with Gasteiger partial charge in [-0.1, -0.05) is 45.4 Å². The van der Waals surface area contributed by atoms with Gasteiger partial charge in [-0.3, -0.25) is 9.59 Å². The van der Waals surface area contributed by atoms with Crippen LogP contribution in [-0.2, 0) is 9.53 Å². The maximum atomic E-state index is 12.1. The summed E-state index contributed by atoms with van der Waals surface area (Å²) < 4.78 is 5.67. The Hall–Kier alpha value is -1.84. The highest BCUT2D eigenvalue weighted by Gasteiger charge is 2.33. The van der Waals surface area contributed by atoms with Crippen molar-refractivity contribution in [1.82, 2.24) is 5.32 Å². The lowest BCUT2D eigenvalue weighted by Gasteiger charge is -2.36. The first-order valence-corrected chi connectivity index (χ1v) is 8.50. The van der Waals surface area contributed by atoms with Crippen LogP contribution in [0.4, 0.5) is 0 Å². The number of carbonyl (C=O) groups is 2. The molecule has 1 aliphatic carbocycles. The molecule has 126 valence electrons. The Morgan fingerprint density at radius 2 is 1.91 bits per heavy atom. The normalized spacial score (nSPS) is 24.3. The number of nitrogens with one attached hydrogen (secondary N) is 1. The van der Waals surface area contributed by atoms with Crippen molar-refractivity contribution < 1.29 is 14.3 Å². The molecule has 4 nitrogen and oxygen atoms in total. The van der Waals surface area contributed by atoms with Gasteiger partial charge < -0.3 is 10.1 Å². The van der Waals surface area contributed by atoms with E-state index in [0.29, 0.717) is 23.3 Å². The van der Waals surface area contributed by atoms with Crippen LogP contribution in [-0.4, -0.2) is 24.5 Å². The Kier molecular flexibility index (Phi) is 6.20. The number of hydrogen-bond acceptors (Lipinski definition) is 3. The van der Waals surface area contributed by atoms with E-state index in [9.17, 15) is 9.59 Å². The summed E-state index contributed by atoms with van der Waals surface area (Å²) in [6.45, 7) is 6.48. The second kappa shape index (κ2) is 8.14. The van der Waals surface area contributed by atoms with E-state index >= 15 is 0 Å². The number of ether oxygens (including phenoxy) is 1. The van der Waals surface area contributed by atoms with Crippen LogP contribution in [0.1, 0.15) is 50.4 Å². The van der Waals surface area contributed by atoms with E-state index in [-0.39, 0.29) is 24.5 Å². The first-order chi connectivity index (χ1) is 11.0. The van der Waals surface area contributed by atoms with Gasteiger partial charge in [0, 0.05) is 5.56 Å². The maximum absolute atomic E-state index is 12.1. The Morgan fingerprint density at radius 1 is 1.22 bits per heavy atom. The lowest BCUT2D eigenvalue weighted by Crippen LogP contribution is -2.39. The molecule has 0 radical (unpaired) electrons. The molecule has 0 saturated heterocycles. The summed E-state index contributed by atoms with van der Waals surface area (Å²) in [6.07, 6.45) is 3.19. The monoisotopic (exact) mass is 317 g/mol. The first-order valence-electron chi connectivity index (χ1n) is 8.50. The quantitative estimate of drug-likeness (QED) is 0.847. The van der Waals surface area contributed by atoms with Crippen molar-refractivity contribution in [3.05, 3.63) is 35.9 Å². The predicted molar refractivity (Wildman–Crippen MR) is 90.0 cm³/mol. The van der Waals surface area contributed by atoms with Gasteiger partial charge in [0.1, 0.15) is 12.6 Å². The SMILES string of the molecule is CC(C)[C@H]1CC[C@H](C)C[C@@H]1OC(=O)CNC(=O)c1ccccc1. The van der Waals surface area contributed by atoms with Crippen LogP contribution in [0.15, 0.2) is 30.3 Å². The Morgan fingerprint density at radius 3 is 2.57 bits per heavy atom. The molecule has 1 fully saturated rings. The molecule has 0 unspecified atom stereocenters. The van der Waals surface area contributed by atoms with Gasteiger partial charge in [-0.15, -0.1) is 0 Å². The van der Waals surface area contributed by atoms with Crippen molar-refractivity contribution in [2.24, 2.45) is 17.8 Å². The molecule has 2 rings (SSSR count). The Balaban J connectivity index is 1.84. The van der Waals surface area contributed by atoms with E-state index in [0.717, 1.165) is 12.8 Å². The molecular weight excluding hydrogens is 290 g/mol. The zero-order valence-corrected chi connectivity index (χ0v) is 14.2. The van der Waals surface area contributed by atoms with Crippen LogP contribution in [0.5, 0.6) is 0 Å². The second-order valence-corrected chi connectivity index (χ2v) is 6.90. The number of hydrogen-bond donors (Lipinski definition) is 1. The molecule has 1 amide bonds. The minimum atomic E-state index is -0.348. The smallest absolute Gasteiger partial charge is 0.325 e. The fraction of sp³-hybridized carbons (Fsp3) is 0.579. The largest absolute Gasteiger partial charge is 0.461 e. The molecule has 0 spiro atoms. The third-order valence-corrected chi connectivity index (χ3v) is 4.67. The van der Waals surface area contributed by atoms with Gasteiger partial charge in [0.05, 0.1) is 0 Å². The molecular formula is C19H27NO3. The highest BCUT2D eigenvalue weighted by molar-refractivity contribution is 5.95. The van der Waals surface area contributed by atoms with Crippen LogP contribution < -0.4 is 5.32 Å². The van der Waals surface area contributed by atoms with Gasteiger partial charge in [0.15, 0.2) is 0 Å². The minimum Gasteiger partial charge on any atom is -0.461 e. The standard InChI is InChI=1S/C19H27NO3/c1-13(2)16-10-9-14(3)11-17(16)23-18(21)12-20-19(22)15-7-5-4-6-8-15/h4-8,13-14,16-17H,9-12H2,1-3H3,(H,20,22)/t14-,16+,17-/m0/s1. The summed E-state index contributed by atoms with van der Waals surface area (Å²) in [5.41, 5.74) is 0.548. The summed E-state index contributed by atoms with van der Waals surface area (Å²) in [6, 6.07) is 8.88. The number of benzene rings is 1. The fourth-order valence-corrected chi connectivity index (χ4v) is 3.30. The average Bonchev–Trinajstić information content (AvgIpc) is 2.53. The van der Waals surface area contributed by atoms with E-state index < -0.39 is 0 Å². The summed E-state index contributed by atoms with van der Waals surface area (Å²) in [7, 11) is 0. The van der Waals surface area contributed by atoms with Gasteiger partial charge in [-0.25, -0.2) is 0 Å². The molecule has 4 heteroatoms. The fourth-order valence-electron chi connectivity index (χ4n) is 3.30. The third-order valence-electron chi connectivity index (χ3n) is 4.67. The zero-order chi connectivity index (χ0) is 16.8. The topological polar surface area (TPSA) is 55.4 Å². The molecule has 0 aromatic heterocycles. The van der Waals surface area contributed by atoms with Gasteiger partial charge in [-0.05, 0) is 42.7 Å². The summed E-state index contributed by atoms with van der Waals surface area (Å²) >= 11 is 0.